The molecule has 18 heavy (non-hydrogen) atoms. The molecule has 0 bridgehead atoms. The number of aryl methyl sites for hydroxylation is 1. The van der Waals surface area contributed by atoms with E-state index in [0.29, 0.717) is 0 Å². The Hall–Kier alpha value is -1.72. The van der Waals surface area contributed by atoms with Gasteiger partial charge in [-0.2, -0.15) is 0 Å². The topological polar surface area (TPSA) is 50.7 Å². The van der Waals surface area contributed by atoms with Crippen LogP contribution in [0.5, 0.6) is 0 Å². The van der Waals surface area contributed by atoms with Crippen LogP contribution in [0.4, 0.5) is 0 Å². The van der Waals surface area contributed by atoms with E-state index in [9.17, 15) is 5.11 Å². The van der Waals surface area contributed by atoms with Gasteiger partial charge in [-0.15, -0.1) is 0 Å². The summed E-state index contributed by atoms with van der Waals surface area (Å²) in [5.74, 6) is 0.862. The second kappa shape index (κ2) is 4.51. The molecule has 0 saturated heterocycles. The maximum Gasteiger partial charge on any atom is 0.138 e. The van der Waals surface area contributed by atoms with E-state index in [-0.39, 0.29) is 6.61 Å². The second-order valence-electron chi connectivity index (χ2n) is 3.89. The van der Waals surface area contributed by atoms with E-state index in [1.54, 1.807) is 6.26 Å². The minimum atomic E-state index is -0.0373. The summed E-state index contributed by atoms with van der Waals surface area (Å²) in [6.07, 6.45) is 3.56. The summed E-state index contributed by atoms with van der Waals surface area (Å²) in [6, 6.07) is 7.68. The van der Waals surface area contributed by atoms with Crippen LogP contribution in [0, 0.1) is 6.92 Å². The highest BCUT2D eigenvalue weighted by Gasteiger charge is 2.14. The van der Waals surface area contributed by atoms with E-state index in [1.807, 2.05) is 41.8 Å². The third-order valence-corrected chi connectivity index (χ3v) is 3.92. The van der Waals surface area contributed by atoms with Crippen LogP contribution in [0.2, 0.25) is 0 Å². The maximum atomic E-state index is 9.51. The predicted molar refractivity (Wildman–Crippen MR) is 68.7 cm³/mol. The Bertz CT molecular complexity index is 687. The van der Waals surface area contributed by atoms with Crippen LogP contribution in [0.15, 0.2) is 51.1 Å². The number of imidazole rings is 1. The fourth-order valence-corrected chi connectivity index (χ4v) is 2.78. The lowest BCUT2D eigenvalue weighted by Crippen LogP contribution is -1.92. The SMILES string of the molecule is Cc1occc1Sc1nc2ccccn2c1CO. The van der Waals surface area contributed by atoms with Crippen molar-refractivity contribution in [1.29, 1.82) is 0 Å². The van der Waals surface area contributed by atoms with Crippen molar-refractivity contribution in [2.75, 3.05) is 0 Å². The maximum absolute atomic E-state index is 9.51. The highest BCUT2D eigenvalue weighted by Crippen LogP contribution is 2.33. The number of pyridine rings is 1. The van der Waals surface area contributed by atoms with Crippen molar-refractivity contribution in [2.24, 2.45) is 0 Å². The van der Waals surface area contributed by atoms with Crippen LogP contribution < -0.4 is 0 Å². The van der Waals surface area contributed by atoms with Crippen molar-refractivity contribution in [2.45, 2.75) is 23.5 Å². The first kappa shape index (κ1) is 11.4. The van der Waals surface area contributed by atoms with Gasteiger partial charge in [0.25, 0.3) is 0 Å². The van der Waals surface area contributed by atoms with Crippen molar-refractivity contribution >= 4 is 17.4 Å². The van der Waals surface area contributed by atoms with Crippen LogP contribution in [-0.2, 0) is 6.61 Å². The molecule has 0 atom stereocenters. The molecule has 1 N–H and O–H groups in total. The van der Waals surface area contributed by atoms with Gasteiger partial charge in [0.15, 0.2) is 0 Å². The number of hydrogen-bond acceptors (Lipinski definition) is 4. The summed E-state index contributed by atoms with van der Waals surface area (Å²) >= 11 is 1.51. The first-order valence-corrected chi connectivity index (χ1v) is 6.40. The van der Waals surface area contributed by atoms with E-state index >= 15 is 0 Å². The number of aliphatic hydroxyl groups excluding tert-OH is 1. The van der Waals surface area contributed by atoms with Gasteiger partial charge in [0.2, 0.25) is 0 Å². The summed E-state index contributed by atoms with van der Waals surface area (Å²) < 4.78 is 7.17. The number of hydrogen-bond donors (Lipinski definition) is 1. The average molecular weight is 260 g/mol. The van der Waals surface area contributed by atoms with Gasteiger partial charge in [0, 0.05) is 6.20 Å². The molecule has 3 heterocycles. The van der Waals surface area contributed by atoms with Crippen LogP contribution in [0.1, 0.15) is 11.5 Å². The van der Waals surface area contributed by atoms with E-state index in [0.717, 1.165) is 27.0 Å². The fraction of sp³-hybridized carbons (Fsp3) is 0.154. The monoisotopic (exact) mass is 260 g/mol. The van der Waals surface area contributed by atoms with Crippen LogP contribution in [0.3, 0.4) is 0 Å². The van der Waals surface area contributed by atoms with Gasteiger partial charge in [-0.25, -0.2) is 4.98 Å². The molecule has 5 heteroatoms. The smallest absolute Gasteiger partial charge is 0.138 e. The van der Waals surface area contributed by atoms with Gasteiger partial charge < -0.3 is 13.9 Å². The lowest BCUT2D eigenvalue weighted by atomic mass is 10.4. The Labute approximate surface area is 108 Å². The van der Waals surface area contributed by atoms with Gasteiger partial charge >= 0.3 is 0 Å². The minimum absolute atomic E-state index is 0.0373. The molecule has 3 rings (SSSR count). The first-order valence-electron chi connectivity index (χ1n) is 5.58. The minimum Gasteiger partial charge on any atom is -0.468 e. The van der Waals surface area contributed by atoms with Crippen LogP contribution >= 0.6 is 11.8 Å². The molecule has 0 spiro atoms. The third kappa shape index (κ3) is 1.81. The normalized spacial score (nSPS) is 11.2. The standard InChI is InChI=1S/C13H12N2O2S/c1-9-11(5-7-17-9)18-13-10(8-16)15-6-3-2-4-12(15)14-13/h2-7,16H,8H2,1H3. The van der Waals surface area contributed by atoms with E-state index in [1.165, 1.54) is 11.8 Å². The Balaban J connectivity index is 2.09. The highest BCUT2D eigenvalue weighted by atomic mass is 32.2. The quantitative estimate of drug-likeness (QED) is 0.786. The van der Waals surface area contributed by atoms with E-state index in [4.69, 9.17) is 4.42 Å². The lowest BCUT2D eigenvalue weighted by molar-refractivity contribution is 0.272. The van der Waals surface area contributed by atoms with Crippen LogP contribution in [-0.4, -0.2) is 14.5 Å². The van der Waals surface area contributed by atoms with Gasteiger partial charge in [0.1, 0.15) is 16.4 Å². The van der Waals surface area contributed by atoms with Crippen molar-refractivity contribution in [1.82, 2.24) is 9.38 Å². The largest absolute Gasteiger partial charge is 0.468 e. The second-order valence-corrected chi connectivity index (χ2v) is 4.92. The average Bonchev–Trinajstić information content (AvgIpc) is 2.93. The molecule has 0 aliphatic carbocycles. The van der Waals surface area contributed by atoms with Gasteiger partial charge in [0.05, 0.1) is 23.5 Å². The van der Waals surface area contributed by atoms with Crippen LogP contribution in [0.25, 0.3) is 5.65 Å². The Morgan fingerprint density at radius 3 is 3.00 bits per heavy atom. The number of aromatic nitrogens is 2. The lowest BCUT2D eigenvalue weighted by Gasteiger charge is -2.00. The summed E-state index contributed by atoms with van der Waals surface area (Å²) in [7, 11) is 0. The summed E-state index contributed by atoms with van der Waals surface area (Å²) in [6.45, 7) is 1.88. The summed E-state index contributed by atoms with van der Waals surface area (Å²) in [5.41, 5.74) is 1.64. The Kier molecular flexibility index (Phi) is 2.85. The number of nitrogens with zero attached hydrogens (tertiary/aromatic N) is 2. The molecule has 0 aliphatic heterocycles. The predicted octanol–water partition coefficient (Wildman–Crippen LogP) is 2.88. The molecule has 3 aromatic heterocycles. The third-order valence-electron chi connectivity index (χ3n) is 2.76. The molecular formula is C13H12N2O2S. The molecule has 0 saturated carbocycles. The zero-order chi connectivity index (χ0) is 12.5. The van der Waals surface area contributed by atoms with Crippen molar-refractivity contribution in [3.05, 3.63) is 48.2 Å². The van der Waals surface area contributed by atoms with Gasteiger partial charge in [-0.3, -0.25) is 0 Å². The number of furan rings is 1. The molecular weight excluding hydrogens is 248 g/mol. The molecule has 0 aromatic carbocycles. The Morgan fingerprint density at radius 1 is 1.39 bits per heavy atom. The molecule has 0 fully saturated rings. The van der Waals surface area contributed by atoms with E-state index in [2.05, 4.69) is 4.98 Å². The highest BCUT2D eigenvalue weighted by molar-refractivity contribution is 7.99. The van der Waals surface area contributed by atoms with Crippen molar-refractivity contribution in [3.8, 4) is 0 Å². The Morgan fingerprint density at radius 2 is 2.28 bits per heavy atom. The van der Waals surface area contributed by atoms with Gasteiger partial charge in [-0.1, -0.05) is 17.8 Å². The van der Waals surface area contributed by atoms with Crippen molar-refractivity contribution < 1.29 is 9.52 Å². The molecule has 4 nitrogen and oxygen atoms in total. The molecule has 92 valence electrons. The number of fused-ring (bicyclic) bond motifs is 1. The molecule has 0 radical (unpaired) electrons. The first-order chi connectivity index (χ1) is 8.79. The zero-order valence-corrected chi connectivity index (χ0v) is 10.6. The molecule has 3 aromatic rings. The van der Waals surface area contributed by atoms with Crippen molar-refractivity contribution in [3.63, 3.8) is 0 Å². The molecule has 0 unspecified atom stereocenters. The van der Waals surface area contributed by atoms with Gasteiger partial charge in [-0.05, 0) is 25.1 Å². The molecule has 0 amide bonds. The fourth-order valence-electron chi connectivity index (χ4n) is 1.83. The summed E-state index contributed by atoms with van der Waals surface area (Å²) in [5, 5.41) is 10.3. The van der Waals surface area contributed by atoms with E-state index < -0.39 is 0 Å². The number of rotatable bonds is 3. The molecule has 0 aliphatic rings. The zero-order valence-electron chi connectivity index (χ0n) is 9.83. The number of aliphatic hydroxyl groups is 1. The summed E-state index contributed by atoms with van der Waals surface area (Å²) in [4.78, 5) is 5.55.